The zero-order chi connectivity index (χ0) is 14.6. The molecule has 0 saturated heterocycles. The van der Waals surface area contributed by atoms with Crippen molar-refractivity contribution in [2.75, 3.05) is 0 Å². The van der Waals surface area contributed by atoms with Gasteiger partial charge in [-0.2, -0.15) is 0 Å². The third-order valence-corrected chi connectivity index (χ3v) is 3.47. The van der Waals surface area contributed by atoms with E-state index in [1.54, 1.807) is 20.8 Å². The third-order valence-electron chi connectivity index (χ3n) is 3.47. The van der Waals surface area contributed by atoms with Crippen molar-refractivity contribution >= 4 is 5.97 Å². The summed E-state index contributed by atoms with van der Waals surface area (Å²) in [4.78, 5) is 19.2. The van der Waals surface area contributed by atoms with Crippen molar-refractivity contribution in [1.82, 2.24) is 0 Å². The molecule has 1 atom stereocenters. The Morgan fingerprint density at radius 2 is 1.83 bits per heavy atom. The lowest BCUT2D eigenvalue weighted by molar-refractivity contribution is -0.192. The van der Waals surface area contributed by atoms with Gasteiger partial charge in [0, 0.05) is 16.7 Å². The van der Waals surface area contributed by atoms with E-state index in [0.717, 1.165) is 6.42 Å². The average Bonchev–Trinajstić information content (AvgIpc) is 2.22. The minimum absolute atomic E-state index is 0.226. The van der Waals surface area contributed by atoms with Gasteiger partial charge in [-0.15, -0.1) is 0 Å². The molecule has 1 unspecified atom stereocenters. The number of rotatable bonds is 6. The molecular weight excluding hydrogens is 234 g/mol. The van der Waals surface area contributed by atoms with Crippen LogP contribution in [0.4, 0.5) is 0 Å². The second-order valence-electron chi connectivity index (χ2n) is 6.34. The molecule has 0 aromatic heterocycles. The number of hydrogen-bond donors (Lipinski definition) is 1. The Kier molecular flexibility index (Phi) is 5.05. The standard InChI is InChI=1S/C12H23N3O3/c1-7-11(5,6)8-12(9(16)17,10(2,3)4)18-15-14-13/h7-8H2,1-6H3,(H,16,17). The number of carboxylic acid groups (broad SMARTS) is 1. The normalized spacial score (nSPS) is 15.4. The lowest BCUT2D eigenvalue weighted by Crippen LogP contribution is -2.53. The number of carbonyl (C=O) groups is 1. The van der Waals surface area contributed by atoms with Gasteiger partial charge >= 0.3 is 5.97 Å². The fraction of sp³-hybridized carbons (Fsp3) is 0.917. The van der Waals surface area contributed by atoms with Crippen molar-refractivity contribution < 1.29 is 14.7 Å². The molecule has 1 N–H and O–H groups in total. The molecule has 0 radical (unpaired) electrons. The van der Waals surface area contributed by atoms with Gasteiger partial charge in [0.05, 0.1) is 0 Å². The van der Waals surface area contributed by atoms with Crippen LogP contribution in [0.15, 0.2) is 5.28 Å². The zero-order valence-corrected chi connectivity index (χ0v) is 12.0. The van der Waals surface area contributed by atoms with Crippen LogP contribution < -0.4 is 0 Å². The topological polar surface area (TPSA) is 95.3 Å². The quantitative estimate of drug-likeness (QED) is 0.338. The smallest absolute Gasteiger partial charge is 0.349 e. The molecular formula is C12H23N3O3. The Morgan fingerprint density at radius 1 is 1.33 bits per heavy atom. The van der Waals surface area contributed by atoms with Gasteiger partial charge in [-0.25, -0.2) is 4.79 Å². The first-order valence-electron chi connectivity index (χ1n) is 5.98. The van der Waals surface area contributed by atoms with E-state index < -0.39 is 17.0 Å². The number of nitrogens with zero attached hydrogens (tertiary/aromatic N) is 3. The van der Waals surface area contributed by atoms with E-state index in [0.29, 0.717) is 0 Å². The summed E-state index contributed by atoms with van der Waals surface area (Å²) >= 11 is 0. The van der Waals surface area contributed by atoms with E-state index >= 15 is 0 Å². The molecule has 0 aromatic carbocycles. The second kappa shape index (κ2) is 5.48. The van der Waals surface area contributed by atoms with Crippen molar-refractivity contribution in [3.05, 3.63) is 10.4 Å². The third kappa shape index (κ3) is 3.53. The molecule has 104 valence electrons. The minimum atomic E-state index is -1.53. The van der Waals surface area contributed by atoms with Crippen LogP contribution in [0, 0.1) is 10.8 Å². The number of hydrogen-bond acceptors (Lipinski definition) is 3. The van der Waals surface area contributed by atoms with E-state index in [1.807, 2.05) is 20.8 Å². The van der Waals surface area contributed by atoms with Gasteiger partial charge in [0.15, 0.2) is 0 Å². The van der Waals surface area contributed by atoms with Crippen molar-refractivity contribution in [1.29, 1.82) is 0 Å². The summed E-state index contributed by atoms with van der Waals surface area (Å²) in [6, 6.07) is 0. The van der Waals surface area contributed by atoms with Gasteiger partial charge in [0.25, 0.3) is 0 Å². The summed E-state index contributed by atoms with van der Waals surface area (Å²) in [6.07, 6.45) is 1.08. The van der Waals surface area contributed by atoms with Gasteiger partial charge in [-0.1, -0.05) is 48.0 Å². The highest BCUT2D eigenvalue weighted by molar-refractivity contribution is 5.78. The van der Waals surface area contributed by atoms with Crippen LogP contribution in [0.25, 0.3) is 10.4 Å². The van der Waals surface area contributed by atoms with Crippen LogP contribution in [-0.2, 0) is 9.63 Å². The van der Waals surface area contributed by atoms with E-state index in [4.69, 9.17) is 10.4 Å². The maximum atomic E-state index is 11.7. The first kappa shape index (κ1) is 16.6. The van der Waals surface area contributed by atoms with Crippen LogP contribution in [0.5, 0.6) is 0 Å². The lowest BCUT2D eigenvalue weighted by Gasteiger charge is -2.43. The van der Waals surface area contributed by atoms with Gasteiger partial charge in [0.1, 0.15) is 5.28 Å². The second-order valence-corrected chi connectivity index (χ2v) is 6.34. The Labute approximate surface area is 108 Å². The molecule has 18 heavy (non-hydrogen) atoms. The molecule has 0 heterocycles. The highest BCUT2D eigenvalue weighted by Gasteiger charge is 2.53. The van der Waals surface area contributed by atoms with Crippen LogP contribution in [-0.4, -0.2) is 16.7 Å². The summed E-state index contributed by atoms with van der Waals surface area (Å²) in [5, 5.41) is 12.6. The van der Waals surface area contributed by atoms with E-state index in [1.165, 1.54) is 0 Å². The van der Waals surface area contributed by atoms with E-state index in [-0.39, 0.29) is 11.8 Å². The van der Waals surface area contributed by atoms with Gasteiger partial charge in [0.2, 0.25) is 5.60 Å². The summed E-state index contributed by atoms with van der Waals surface area (Å²) in [7, 11) is 0. The Bertz CT molecular complexity index is 354. The van der Waals surface area contributed by atoms with Gasteiger partial charge < -0.3 is 9.94 Å². The number of aliphatic carboxylic acids is 1. The molecule has 0 rings (SSSR count). The van der Waals surface area contributed by atoms with Crippen LogP contribution in [0.2, 0.25) is 0 Å². The van der Waals surface area contributed by atoms with Gasteiger partial charge in [-0.05, 0) is 10.9 Å². The van der Waals surface area contributed by atoms with Crippen molar-refractivity contribution in [3.63, 3.8) is 0 Å². The van der Waals surface area contributed by atoms with Crippen LogP contribution in [0.3, 0.4) is 0 Å². The summed E-state index contributed by atoms with van der Waals surface area (Å²) in [5.74, 6) is -1.11. The van der Waals surface area contributed by atoms with Gasteiger partial charge in [-0.3, -0.25) is 0 Å². The Hall–Kier alpha value is -1.42. The lowest BCUT2D eigenvalue weighted by atomic mass is 9.67. The van der Waals surface area contributed by atoms with Crippen molar-refractivity contribution in [2.24, 2.45) is 16.1 Å². The summed E-state index contributed by atoms with van der Waals surface area (Å²) in [6.45, 7) is 11.2. The molecule has 0 fully saturated rings. The molecule has 0 aliphatic rings. The van der Waals surface area contributed by atoms with E-state index in [2.05, 4.69) is 10.2 Å². The molecule has 0 aliphatic heterocycles. The molecule has 0 aromatic rings. The highest BCUT2D eigenvalue weighted by atomic mass is 16.7. The largest absolute Gasteiger partial charge is 0.478 e. The molecule has 0 bridgehead atoms. The Balaban J connectivity index is 5.62. The summed E-state index contributed by atoms with van der Waals surface area (Å²) < 4.78 is 0. The molecule has 0 amide bonds. The van der Waals surface area contributed by atoms with E-state index in [9.17, 15) is 9.90 Å². The number of azide groups is 1. The average molecular weight is 257 g/mol. The monoisotopic (exact) mass is 257 g/mol. The molecule has 0 spiro atoms. The predicted molar refractivity (Wildman–Crippen MR) is 68.7 cm³/mol. The first-order chi connectivity index (χ1) is 8.02. The highest BCUT2D eigenvalue weighted by Crippen LogP contribution is 2.44. The van der Waals surface area contributed by atoms with Crippen LogP contribution >= 0.6 is 0 Å². The Morgan fingerprint density at radius 3 is 2.11 bits per heavy atom. The summed E-state index contributed by atoms with van der Waals surface area (Å²) in [5.41, 5.74) is 5.92. The predicted octanol–water partition coefficient (Wildman–Crippen LogP) is 3.92. The van der Waals surface area contributed by atoms with Crippen molar-refractivity contribution in [2.45, 2.75) is 60.0 Å². The fourth-order valence-corrected chi connectivity index (χ4v) is 1.76. The SMILES string of the molecule is CCC(C)(C)CC(ON=[N+]=[N-])(C(=O)O)C(C)(C)C. The molecule has 6 heteroatoms. The zero-order valence-electron chi connectivity index (χ0n) is 12.0. The van der Waals surface area contributed by atoms with Crippen molar-refractivity contribution in [3.8, 4) is 0 Å². The first-order valence-corrected chi connectivity index (χ1v) is 5.98. The fourth-order valence-electron chi connectivity index (χ4n) is 1.76. The molecule has 0 saturated carbocycles. The number of carboxylic acids is 1. The molecule has 6 nitrogen and oxygen atoms in total. The van der Waals surface area contributed by atoms with Crippen LogP contribution in [0.1, 0.15) is 54.4 Å². The maximum absolute atomic E-state index is 11.7. The molecule has 0 aliphatic carbocycles. The minimum Gasteiger partial charge on any atom is -0.478 e. The maximum Gasteiger partial charge on any atom is 0.349 e.